The molecule has 1 aromatic heterocycles. The molecular formula is C14H18N2O2. The van der Waals surface area contributed by atoms with Crippen LogP contribution >= 0.6 is 0 Å². The van der Waals surface area contributed by atoms with Crippen molar-refractivity contribution in [2.75, 3.05) is 6.54 Å². The van der Waals surface area contributed by atoms with E-state index in [0.717, 1.165) is 25.0 Å². The van der Waals surface area contributed by atoms with Crippen molar-refractivity contribution >= 4 is 11.1 Å². The van der Waals surface area contributed by atoms with E-state index in [1.807, 2.05) is 24.3 Å². The highest BCUT2D eigenvalue weighted by Gasteiger charge is 2.14. The van der Waals surface area contributed by atoms with Gasteiger partial charge in [0.2, 0.25) is 0 Å². The van der Waals surface area contributed by atoms with Gasteiger partial charge in [-0.3, -0.25) is 4.57 Å². The molecule has 0 radical (unpaired) electrons. The Balaban J connectivity index is 1.77. The molecule has 2 aromatic rings. The van der Waals surface area contributed by atoms with Crippen molar-refractivity contribution in [2.24, 2.45) is 0 Å². The van der Waals surface area contributed by atoms with Crippen LogP contribution in [0.2, 0.25) is 0 Å². The zero-order chi connectivity index (χ0) is 12.4. The fourth-order valence-electron chi connectivity index (χ4n) is 2.68. The summed E-state index contributed by atoms with van der Waals surface area (Å²) < 4.78 is 6.97. The number of oxazole rings is 1. The van der Waals surface area contributed by atoms with Crippen LogP contribution in [-0.2, 0) is 6.54 Å². The molecule has 1 saturated heterocycles. The number of benzene rings is 1. The lowest BCUT2D eigenvalue weighted by molar-refractivity contribution is 0.362. The van der Waals surface area contributed by atoms with Gasteiger partial charge in [0.15, 0.2) is 5.58 Å². The molecule has 96 valence electrons. The van der Waals surface area contributed by atoms with Crippen LogP contribution in [0.3, 0.4) is 0 Å². The summed E-state index contributed by atoms with van der Waals surface area (Å²) in [5, 5.41) is 3.50. The van der Waals surface area contributed by atoms with Crippen LogP contribution in [0.25, 0.3) is 11.1 Å². The van der Waals surface area contributed by atoms with E-state index in [1.165, 1.54) is 19.3 Å². The second-order valence-electron chi connectivity index (χ2n) is 4.92. The minimum atomic E-state index is -0.244. The van der Waals surface area contributed by atoms with Crippen LogP contribution in [-0.4, -0.2) is 17.2 Å². The van der Waals surface area contributed by atoms with Crippen molar-refractivity contribution in [1.29, 1.82) is 0 Å². The normalized spacial score (nSPS) is 20.3. The van der Waals surface area contributed by atoms with Gasteiger partial charge in [-0.15, -0.1) is 0 Å². The maximum Gasteiger partial charge on any atom is 0.419 e. The third-order valence-electron chi connectivity index (χ3n) is 3.69. The van der Waals surface area contributed by atoms with Crippen molar-refractivity contribution in [3.8, 4) is 0 Å². The van der Waals surface area contributed by atoms with Gasteiger partial charge >= 0.3 is 5.76 Å². The van der Waals surface area contributed by atoms with Gasteiger partial charge in [-0.05, 0) is 37.9 Å². The molecule has 1 N–H and O–H groups in total. The Bertz CT molecular complexity index is 579. The van der Waals surface area contributed by atoms with Gasteiger partial charge < -0.3 is 9.73 Å². The Morgan fingerprint density at radius 2 is 2.22 bits per heavy atom. The van der Waals surface area contributed by atoms with Crippen LogP contribution in [0.4, 0.5) is 0 Å². The van der Waals surface area contributed by atoms with Crippen LogP contribution in [0.15, 0.2) is 33.5 Å². The Morgan fingerprint density at radius 1 is 1.33 bits per heavy atom. The number of rotatable bonds is 3. The Labute approximate surface area is 106 Å². The Hall–Kier alpha value is -1.55. The van der Waals surface area contributed by atoms with Crippen LogP contribution in [0.5, 0.6) is 0 Å². The van der Waals surface area contributed by atoms with E-state index >= 15 is 0 Å². The van der Waals surface area contributed by atoms with E-state index < -0.39 is 0 Å². The summed E-state index contributed by atoms with van der Waals surface area (Å²) >= 11 is 0. The molecule has 1 atom stereocenters. The van der Waals surface area contributed by atoms with Crippen LogP contribution in [0.1, 0.15) is 25.7 Å². The van der Waals surface area contributed by atoms with Gasteiger partial charge in [0.25, 0.3) is 0 Å². The first kappa shape index (κ1) is 11.5. The predicted octanol–water partition coefficient (Wildman–Crippen LogP) is 2.13. The van der Waals surface area contributed by atoms with Crippen LogP contribution < -0.4 is 11.1 Å². The lowest BCUT2D eigenvalue weighted by Gasteiger charge is -2.23. The number of para-hydroxylation sites is 2. The molecule has 4 heteroatoms. The van der Waals surface area contributed by atoms with E-state index in [1.54, 1.807) is 4.57 Å². The third-order valence-corrected chi connectivity index (χ3v) is 3.69. The summed E-state index contributed by atoms with van der Waals surface area (Å²) in [4.78, 5) is 11.8. The molecule has 3 rings (SSSR count). The maximum absolute atomic E-state index is 11.8. The number of piperidine rings is 1. The zero-order valence-electron chi connectivity index (χ0n) is 10.4. The standard InChI is InChI=1S/C14H18N2O2/c17-14-16(10-8-11-5-3-4-9-15-11)12-6-1-2-7-13(12)18-14/h1-2,6-7,11,15H,3-5,8-10H2. The van der Waals surface area contributed by atoms with Crippen molar-refractivity contribution in [3.05, 3.63) is 34.8 Å². The van der Waals surface area contributed by atoms with Crippen molar-refractivity contribution in [3.63, 3.8) is 0 Å². The average Bonchev–Trinajstić information content (AvgIpc) is 2.73. The van der Waals surface area contributed by atoms with E-state index in [-0.39, 0.29) is 5.76 Å². The molecule has 1 aliphatic rings. The van der Waals surface area contributed by atoms with E-state index in [4.69, 9.17) is 4.42 Å². The Morgan fingerprint density at radius 3 is 3.06 bits per heavy atom. The van der Waals surface area contributed by atoms with Gasteiger partial charge in [0, 0.05) is 12.6 Å². The largest absolute Gasteiger partial charge is 0.419 e. The first-order valence-electron chi connectivity index (χ1n) is 6.66. The van der Waals surface area contributed by atoms with Gasteiger partial charge in [0.05, 0.1) is 5.52 Å². The minimum Gasteiger partial charge on any atom is -0.408 e. The fourth-order valence-corrected chi connectivity index (χ4v) is 2.68. The van der Waals surface area contributed by atoms with Gasteiger partial charge in [0.1, 0.15) is 0 Å². The number of nitrogens with zero attached hydrogens (tertiary/aromatic N) is 1. The fraction of sp³-hybridized carbons (Fsp3) is 0.500. The smallest absolute Gasteiger partial charge is 0.408 e. The molecule has 0 saturated carbocycles. The summed E-state index contributed by atoms with van der Waals surface area (Å²) in [6.45, 7) is 1.83. The highest BCUT2D eigenvalue weighted by atomic mass is 16.4. The summed E-state index contributed by atoms with van der Waals surface area (Å²) in [5.41, 5.74) is 1.58. The molecule has 1 fully saturated rings. The lowest BCUT2D eigenvalue weighted by atomic mass is 10.0. The lowest BCUT2D eigenvalue weighted by Crippen LogP contribution is -2.35. The van der Waals surface area contributed by atoms with Crippen molar-refractivity contribution in [2.45, 2.75) is 38.3 Å². The summed E-state index contributed by atoms with van der Waals surface area (Å²) in [6, 6.07) is 8.14. The second-order valence-corrected chi connectivity index (χ2v) is 4.92. The molecular weight excluding hydrogens is 228 g/mol. The quantitative estimate of drug-likeness (QED) is 0.902. The van der Waals surface area contributed by atoms with Crippen LogP contribution in [0, 0.1) is 0 Å². The first-order chi connectivity index (χ1) is 8.84. The van der Waals surface area contributed by atoms with E-state index in [9.17, 15) is 4.79 Å². The first-order valence-corrected chi connectivity index (χ1v) is 6.66. The summed E-state index contributed by atoms with van der Waals surface area (Å²) in [6.07, 6.45) is 4.76. The SMILES string of the molecule is O=c1oc2ccccc2n1CCC1CCCCN1. The minimum absolute atomic E-state index is 0.244. The van der Waals surface area contributed by atoms with E-state index in [2.05, 4.69) is 5.32 Å². The number of hydrogen-bond donors (Lipinski definition) is 1. The van der Waals surface area contributed by atoms with Crippen molar-refractivity contribution < 1.29 is 4.42 Å². The molecule has 0 bridgehead atoms. The number of nitrogens with one attached hydrogen (secondary N) is 1. The number of hydrogen-bond acceptors (Lipinski definition) is 3. The molecule has 0 aliphatic carbocycles. The van der Waals surface area contributed by atoms with Gasteiger partial charge in [-0.2, -0.15) is 0 Å². The molecule has 2 heterocycles. The number of fused-ring (bicyclic) bond motifs is 1. The zero-order valence-corrected chi connectivity index (χ0v) is 10.4. The molecule has 0 amide bonds. The van der Waals surface area contributed by atoms with E-state index in [0.29, 0.717) is 11.6 Å². The molecule has 1 aromatic carbocycles. The third kappa shape index (κ3) is 2.20. The monoisotopic (exact) mass is 246 g/mol. The topological polar surface area (TPSA) is 47.2 Å². The Kier molecular flexibility index (Phi) is 3.19. The average molecular weight is 246 g/mol. The molecule has 18 heavy (non-hydrogen) atoms. The second kappa shape index (κ2) is 4.98. The highest BCUT2D eigenvalue weighted by Crippen LogP contribution is 2.15. The molecule has 1 aliphatic heterocycles. The summed E-state index contributed by atoms with van der Waals surface area (Å²) in [5.74, 6) is -0.244. The molecule has 1 unspecified atom stereocenters. The number of aryl methyl sites for hydroxylation is 1. The van der Waals surface area contributed by atoms with Gasteiger partial charge in [-0.25, -0.2) is 4.79 Å². The number of aromatic nitrogens is 1. The maximum atomic E-state index is 11.8. The predicted molar refractivity (Wildman–Crippen MR) is 70.7 cm³/mol. The molecule has 0 spiro atoms. The van der Waals surface area contributed by atoms with Crippen molar-refractivity contribution in [1.82, 2.24) is 9.88 Å². The van der Waals surface area contributed by atoms with Gasteiger partial charge in [-0.1, -0.05) is 18.6 Å². The molecule has 4 nitrogen and oxygen atoms in total. The highest BCUT2D eigenvalue weighted by molar-refractivity contribution is 5.72. The summed E-state index contributed by atoms with van der Waals surface area (Å²) in [7, 11) is 0.